The third kappa shape index (κ3) is 12.2. The first kappa shape index (κ1) is 45.6. The molecule has 2 aliphatic heterocycles. The molecule has 17 heteroatoms. The van der Waals surface area contributed by atoms with Crippen LogP contribution in [0.5, 0.6) is 0 Å². The van der Waals surface area contributed by atoms with Crippen LogP contribution in [0.4, 0.5) is 18.0 Å². The van der Waals surface area contributed by atoms with Crippen LogP contribution in [-0.4, -0.2) is 86.6 Å². The van der Waals surface area contributed by atoms with Crippen molar-refractivity contribution in [2.24, 2.45) is 10.9 Å². The minimum Gasteiger partial charge on any atom is -0.492 e. The van der Waals surface area contributed by atoms with Crippen molar-refractivity contribution in [1.82, 2.24) is 36.6 Å². The number of hydrazine groups is 1. The summed E-state index contributed by atoms with van der Waals surface area (Å²) < 4.78 is 53.9. The van der Waals surface area contributed by atoms with E-state index in [0.29, 0.717) is 65.7 Å². The number of likely N-dealkylation sites (N-methyl/N-ethyl adjacent to an activating group) is 1. The molecule has 58 heavy (non-hydrogen) atoms. The molecule has 0 spiro atoms. The molecule has 0 saturated carbocycles. The second-order valence-electron chi connectivity index (χ2n) is 14.1. The summed E-state index contributed by atoms with van der Waals surface area (Å²) in [6.07, 6.45) is 9.11. The fourth-order valence-electron chi connectivity index (χ4n) is 6.69. The van der Waals surface area contributed by atoms with Crippen molar-refractivity contribution in [2.75, 3.05) is 33.8 Å². The van der Waals surface area contributed by atoms with Gasteiger partial charge in [-0.3, -0.25) is 30.3 Å². The number of methoxy groups -OCH3 is 1. The van der Waals surface area contributed by atoms with Gasteiger partial charge in [0.05, 0.1) is 42.2 Å². The molecule has 3 amide bonds. The summed E-state index contributed by atoms with van der Waals surface area (Å²) in [4.78, 5) is 44.6. The molecule has 1 fully saturated rings. The van der Waals surface area contributed by atoms with Crippen LogP contribution in [0.15, 0.2) is 100 Å². The van der Waals surface area contributed by atoms with Crippen LogP contribution < -0.4 is 26.7 Å². The Labute approximate surface area is 342 Å². The lowest BCUT2D eigenvalue weighted by Gasteiger charge is -2.31. The van der Waals surface area contributed by atoms with E-state index in [4.69, 9.17) is 9.47 Å². The van der Waals surface area contributed by atoms with Crippen molar-refractivity contribution >= 4 is 36.0 Å². The molecule has 1 aromatic rings. The molecule has 3 aliphatic rings. The van der Waals surface area contributed by atoms with Gasteiger partial charge in [0.25, 0.3) is 12.3 Å². The Morgan fingerprint density at radius 2 is 2.02 bits per heavy atom. The van der Waals surface area contributed by atoms with Gasteiger partial charge in [-0.15, -0.1) is 11.3 Å². The van der Waals surface area contributed by atoms with Crippen molar-refractivity contribution in [2.45, 2.75) is 84.2 Å². The number of aliphatic imine (C=N–C) groups is 1. The molecule has 5 N–H and O–H groups in total. The van der Waals surface area contributed by atoms with E-state index in [9.17, 15) is 23.2 Å². The van der Waals surface area contributed by atoms with Gasteiger partial charge < -0.3 is 30.3 Å². The summed E-state index contributed by atoms with van der Waals surface area (Å²) in [7, 11) is 2.94. The summed E-state index contributed by atoms with van der Waals surface area (Å²) in [5, 5.41) is 13.6. The Hall–Kier alpha value is -5.13. The lowest BCUT2D eigenvalue weighted by atomic mass is 9.97. The second-order valence-corrected chi connectivity index (χ2v) is 15.3. The third-order valence-corrected chi connectivity index (χ3v) is 10.6. The lowest BCUT2D eigenvalue weighted by Crippen LogP contribution is -2.55. The lowest BCUT2D eigenvalue weighted by molar-refractivity contribution is -0.137. The van der Waals surface area contributed by atoms with Crippen molar-refractivity contribution in [3.63, 3.8) is 0 Å². The summed E-state index contributed by atoms with van der Waals surface area (Å²) in [6, 6.07) is 1.57. The molecule has 1 saturated heterocycles. The summed E-state index contributed by atoms with van der Waals surface area (Å²) >= 11 is 0.940. The number of ether oxygens (including phenoxy) is 2. The number of amides is 3. The smallest absolute Gasteiger partial charge is 0.407 e. The standard InChI is InChI=1S/C41H55F3N8O5S/c1-8-18-52(40(54)38(25(3)4)49-41(55)56-7)50-32(22-45-5)26(9-2)12-13-27-14-16-31(47-27)37-30(42)20-28(48-35-11-10-19-51(35)36(53)23-46-6)21-33(37)57-24-29-15-17-34(58-29)39(43)44/h9,12-13,15-17,20,22,25,28,35,38-39,46-48,50H,2,5,8,10-11,14,18-19,21,23-24H2,1,3-4,6-7H3,(H,49,55)/b26-12+,27-13+,32-22-. The number of hydrogen-bond acceptors (Lipinski definition) is 11. The number of nitrogens with zero attached hydrogens (tertiary/aromatic N) is 3. The summed E-state index contributed by atoms with van der Waals surface area (Å²) in [5.41, 5.74) is 5.51. The van der Waals surface area contributed by atoms with Gasteiger partial charge in [-0.2, -0.15) is 0 Å². The van der Waals surface area contributed by atoms with E-state index < -0.39 is 30.4 Å². The van der Waals surface area contributed by atoms with Crippen molar-refractivity contribution < 1.29 is 37.0 Å². The first-order valence-corrected chi connectivity index (χ1v) is 20.1. The summed E-state index contributed by atoms with van der Waals surface area (Å²) in [6.45, 7) is 14.1. The maximum Gasteiger partial charge on any atom is 0.407 e. The van der Waals surface area contributed by atoms with Gasteiger partial charge >= 0.3 is 6.09 Å². The predicted octanol–water partition coefficient (Wildman–Crippen LogP) is 6.38. The monoisotopic (exact) mass is 828 g/mol. The highest BCUT2D eigenvalue weighted by molar-refractivity contribution is 7.12. The molecule has 3 atom stereocenters. The first-order valence-electron chi connectivity index (χ1n) is 19.2. The van der Waals surface area contributed by atoms with Crippen LogP contribution in [0.25, 0.3) is 0 Å². The minimum atomic E-state index is -2.61. The number of rotatable bonds is 20. The van der Waals surface area contributed by atoms with Gasteiger partial charge in [0.15, 0.2) is 0 Å². The number of alkyl halides is 2. The number of carbonyl (C=O) groups is 3. The van der Waals surface area contributed by atoms with Crippen LogP contribution in [0, 0.1) is 5.92 Å². The minimum absolute atomic E-state index is 0.0263. The number of alkyl carbamates (subject to hydrolysis) is 1. The molecule has 1 aromatic heterocycles. The number of carbonyl (C=O) groups excluding carboxylic acids is 3. The van der Waals surface area contributed by atoms with Gasteiger partial charge in [0.1, 0.15) is 24.2 Å². The fourth-order valence-corrected chi connectivity index (χ4v) is 7.47. The quantitative estimate of drug-likeness (QED) is 0.0574. The summed E-state index contributed by atoms with van der Waals surface area (Å²) in [5.74, 6) is -0.866. The number of allylic oxidation sites excluding steroid dienone is 5. The zero-order valence-electron chi connectivity index (χ0n) is 33.7. The van der Waals surface area contributed by atoms with E-state index in [0.717, 1.165) is 17.8 Å². The van der Waals surface area contributed by atoms with E-state index in [1.54, 1.807) is 36.2 Å². The second kappa shape index (κ2) is 22.1. The SMILES string of the molecule is C=CC(=C\C=C1/CC=C(C2=C(OCc3ccc(C(F)F)s3)CC(NC3CCCN3C(=O)CNC)C=C2F)N1)/C(=C/N=C)NN(CCC)C(=O)C(NC(=O)OC)C(C)C. The normalized spacial score (nSPS) is 19.8. The highest BCUT2D eigenvalue weighted by Crippen LogP contribution is 2.36. The zero-order valence-corrected chi connectivity index (χ0v) is 34.5. The Bertz CT molecular complexity index is 1850. The Morgan fingerprint density at radius 3 is 2.66 bits per heavy atom. The molecule has 13 nitrogen and oxygen atoms in total. The number of nitrogens with one attached hydrogen (secondary N) is 5. The largest absolute Gasteiger partial charge is 0.492 e. The average molecular weight is 829 g/mol. The van der Waals surface area contributed by atoms with Crippen molar-refractivity contribution in [1.29, 1.82) is 0 Å². The van der Waals surface area contributed by atoms with Gasteiger partial charge in [0.2, 0.25) is 5.91 Å². The molecule has 3 unspecified atom stereocenters. The van der Waals surface area contributed by atoms with Crippen molar-refractivity contribution in [3.05, 3.63) is 105 Å². The average Bonchev–Trinajstić information content (AvgIpc) is 3.98. The van der Waals surface area contributed by atoms with Gasteiger partial charge in [0, 0.05) is 53.8 Å². The first-order chi connectivity index (χ1) is 27.8. The number of hydrogen-bond donors (Lipinski definition) is 5. The molecule has 0 radical (unpaired) electrons. The highest BCUT2D eigenvalue weighted by Gasteiger charge is 2.34. The number of halogens is 3. The Morgan fingerprint density at radius 1 is 1.24 bits per heavy atom. The van der Waals surface area contributed by atoms with E-state index in [1.165, 1.54) is 30.5 Å². The molecule has 0 bridgehead atoms. The highest BCUT2D eigenvalue weighted by atomic mass is 32.1. The van der Waals surface area contributed by atoms with Crippen LogP contribution in [-0.2, 0) is 25.7 Å². The van der Waals surface area contributed by atoms with E-state index in [-0.39, 0.29) is 53.9 Å². The molecular weight excluding hydrogens is 774 g/mol. The predicted molar refractivity (Wildman–Crippen MR) is 220 cm³/mol. The maximum absolute atomic E-state index is 16.3. The van der Waals surface area contributed by atoms with Crippen LogP contribution in [0.1, 0.15) is 69.1 Å². The molecule has 4 rings (SSSR count). The van der Waals surface area contributed by atoms with Crippen LogP contribution >= 0.6 is 11.3 Å². The zero-order chi connectivity index (χ0) is 42.4. The molecule has 3 heterocycles. The van der Waals surface area contributed by atoms with E-state index in [2.05, 4.69) is 45.0 Å². The topological polar surface area (TPSA) is 149 Å². The molecule has 0 aromatic carbocycles. The molecular formula is C41H55F3N8O5S. The number of likely N-dealkylation sites (tertiary alicyclic amines) is 1. The molecule has 1 aliphatic carbocycles. The van der Waals surface area contributed by atoms with E-state index in [1.807, 2.05) is 26.8 Å². The molecule has 316 valence electrons. The van der Waals surface area contributed by atoms with Crippen molar-refractivity contribution in [3.8, 4) is 0 Å². The maximum atomic E-state index is 16.3. The number of thiophene rings is 1. The van der Waals surface area contributed by atoms with Gasteiger partial charge in [-0.1, -0.05) is 45.6 Å². The fraction of sp³-hybridized carbons (Fsp3) is 0.463. The Balaban J connectivity index is 1.57. The van der Waals surface area contributed by atoms with Crippen LogP contribution in [0.2, 0.25) is 0 Å². The van der Waals surface area contributed by atoms with Gasteiger partial charge in [-0.25, -0.2) is 18.0 Å². The van der Waals surface area contributed by atoms with E-state index >= 15 is 4.39 Å². The third-order valence-electron chi connectivity index (χ3n) is 9.53. The Kier molecular flexibility index (Phi) is 17.4. The van der Waals surface area contributed by atoms with Gasteiger partial charge in [-0.05, 0) is 63.2 Å². The van der Waals surface area contributed by atoms with Crippen LogP contribution in [0.3, 0.4) is 0 Å².